The lowest BCUT2D eigenvalue weighted by Crippen LogP contribution is -2.16. The summed E-state index contributed by atoms with van der Waals surface area (Å²) < 4.78 is 26.2. The van der Waals surface area contributed by atoms with Crippen LogP contribution in [0.25, 0.3) is 42.5 Å². The number of nitrogens with zero attached hydrogens (tertiary/aromatic N) is 12. The van der Waals surface area contributed by atoms with Gasteiger partial charge in [-0.05, 0) is 78.5 Å². The molecule has 0 amide bonds. The molecule has 0 atom stereocenters. The SMILES string of the molecule is C=CC1=NC(C(C)(C)C)=CC1.C=Cc1cc(C(C)(C)C)n(C)n1.C=Cc1cc(C(C)(C)C)on1.C=Cc1nc(C(C)(C)C)cn1C.C=Cc1nc(C(C)(C)C)co1.C=Cc1ncc(C(C)(C)C)o1.C=Cc1nn(C)cc1C(C)(C)C.C=Cc1nocc1C(C)(C)C.Cc1cc(C(C)(C)C)n[nH]1. The first kappa shape index (κ1) is 90.0. The summed E-state index contributed by atoms with van der Waals surface area (Å²) in [7, 11) is 5.88. The zero-order valence-corrected chi connectivity index (χ0v) is 68.2. The minimum atomic E-state index is 0.0360. The van der Waals surface area contributed by atoms with Crippen LogP contribution in [0.15, 0.2) is 143 Å². The molecular weight excluding hydrogens is 1260 g/mol. The molecule has 0 radical (unpaired) electrons. The highest BCUT2D eigenvalue weighted by Crippen LogP contribution is 2.32. The summed E-state index contributed by atoms with van der Waals surface area (Å²) >= 11 is 0. The third-order valence-electron chi connectivity index (χ3n) is 14.8. The predicted octanol–water partition coefficient (Wildman–Crippen LogP) is 22.5. The minimum Gasteiger partial charge on any atom is -0.445 e. The zero-order chi connectivity index (χ0) is 78.3. The Morgan fingerprint density at radius 2 is 1.02 bits per heavy atom. The molecular formula is C84H129N13O4. The normalized spacial score (nSPS) is 12.3. The van der Waals surface area contributed by atoms with Gasteiger partial charge in [-0.2, -0.15) is 15.3 Å². The van der Waals surface area contributed by atoms with Gasteiger partial charge in [-0.15, -0.1) is 0 Å². The summed E-state index contributed by atoms with van der Waals surface area (Å²) in [5, 5.41) is 23.3. The topological polar surface area (TPSA) is 199 Å². The lowest BCUT2D eigenvalue weighted by molar-refractivity contribution is 0.328. The number of oxazole rings is 2. The molecule has 1 aliphatic heterocycles. The maximum Gasteiger partial charge on any atom is 0.218 e. The van der Waals surface area contributed by atoms with Crippen LogP contribution in [0, 0.1) is 12.3 Å². The van der Waals surface area contributed by atoms with E-state index in [0.717, 1.165) is 80.6 Å². The first-order chi connectivity index (χ1) is 46.0. The maximum absolute atomic E-state index is 5.37. The number of rotatable bonds is 8. The van der Waals surface area contributed by atoms with Crippen molar-refractivity contribution in [1.29, 1.82) is 0 Å². The van der Waals surface area contributed by atoms with Crippen molar-refractivity contribution in [3.63, 3.8) is 0 Å². The van der Waals surface area contributed by atoms with E-state index in [1.807, 2.05) is 54.1 Å². The molecule has 9 rings (SSSR count). The van der Waals surface area contributed by atoms with E-state index in [0.29, 0.717) is 11.8 Å². The second kappa shape index (κ2) is 37.6. The number of imidazole rings is 1. The van der Waals surface area contributed by atoms with Crippen LogP contribution in [0.5, 0.6) is 0 Å². The third kappa shape index (κ3) is 31.2. The Kier molecular flexibility index (Phi) is 33.5. The molecule has 0 saturated carbocycles. The summed E-state index contributed by atoms with van der Waals surface area (Å²) in [6.07, 6.45) is 26.1. The molecule has 0 unspecified atom stereocenters. The van der Waals surface area contributed by atoms with Crippen molar-refractivity contribution in [2.45, 2.75) is 244 Å². The van der Waals surface area contributed by atoms with Crippen molar-refractivity contribution in [2.75, 3.05) is 0 Å². The van der Waals surface area contributed by atoms with Gasteiger partial charge in [-0.1, -0.05) is 256 Å². The molecule has 17 heteroatoms. The average molecular weight is 1390 g/mol. The van der Waals surface area contributed by atoms with Gasteiger partial charge in [-0.25, -0.2) is 15.0 Å². The Bertz CT molecular complexity index is 3830. The van der Waals surface area contributed by atoms with Crippen molar-refractivity contribution in [3.05, 3.63) is 211 Å². The molecule has 554 valence electrons. The quantitative estimate of drug-likeness (QED) is 0.151. The third-order valence-corrected chi connectivity index (χ3v) is 14.8. The highest BCUT2D eigenvalue weighted by atomic mass is 16.5. The number of hydrogen-bond donors (Lipinski definition) is 1. The highest BCUT2D eigenvalue weighted by molar-refractivity contribution is 5.98. The number of H-pyrrole nitrogens is 1. The van der Waals surface area contributed by atoms with Gasteiger partial charge in [-0.3, -0.25) is 19.5 Å². The molecule has 0 spiro atoms. The summed E-state index contributed by atoms with van der Waals surface area (Å²) in [4.78, 5) is 17.1. The van der Waals surface area contributed by atoms with Crippen LogP contribution in [0.2, 0.25) is 0 Å². The number of allylic oxidation sites excluding steroid dienone is 3. The van der Waals surface area contributed by atoms with E-state index >= 15 is 0 Å². The summed E-state index contributed by atoms with van der Waals surface area (Å²) in [6.45, 7) is 88.9. The molecule has 9 heterocycles. The van der Waals surface area contributed by atoms with E-state index in [1.165, 1.54) is 17.0 Å². The Morgan fingerprint density at radius 3 is 1.30 bits per heavy atom. The Hall–Kier alpha value is -8.99. The number of aliphatic imine (C=N–C) groups is 1. The van der Waals surface area contributed by atoms with E-state index < -0.39 is 0 Å². The van der Waals surface area contributed by atoms with Gasteiger partial charge >= 0.3 is 0 Å². The average Bonchev–Trinajstić information content (AvgIpc) is 1.69. The van der Waals surface area contributed by atoms with E-state index in [4.69, 9.17) is 17.9 Å². The fourth-order valence-corrected chi connectivity index (χ4v) is 8.56. The highest BCUT2D eigenvalue weighted by Gasteiger charge is 2.25. The smallest absolute Gasteiger partial charge is 0.218 e. The van der Waals surface area contributed by atoms with Gasteiger partial charge in [0.1, 0.15) is 41.3 Å². The summed E-state index contributed by atoms with van der Waals surface area (Å²) in [5.74, 6) is 3.91. The molecule has 1 aliphatic rings. The van der Waals surface area contributed by atoms with Gasteiger partial charge in [0.25, 0.3) is 0 Å². The fraction of sp³-hybridized carbons (Fsp3) is 0.488. The van der Waals surface area contributed by atoms with Crippen LogP contribution in [0.3, 0.4) is 0 Å². The molecule has 0 aliphatic carbocycles. The monoisotopic (exact) mass is 1380 g/mol. The molecule has 0 aromatic carbocycles. The van der Waals surface area contributed by atoms with Crippen molar-refractivity contribution in [3.8, 4) is 0 Å². The predicted molar refractivity (Wildman–Crippen MR) is 429 cm³/mol. The lowest BCUT2D eigenvalue weighted by Gasteiger charge is -2.17. The van der Waals surface area contributed by atoms with Crippen molar-refractivity contribution >= 4 is 48.2 Å². The van der Waals surface area contributed by atoms with Gasteiger partial charge in [0.15, 0.2) is 0 Å². The van der Waals surface area contributed by atoms with E-state index in [9.17, 15) is 0 Å². The number of nitrogens with one attached hydrogen (secondary N) is 1. The van der Waals surface area contributed by atoms with E-state index in [1.54, 1.807) is 61.3 Å². The number of aryl methyl sites for hydroxylation is 4. The first-order valence-corrected chi connectivity index (χ1v) is 34.3. The first-order valence-electron chi connectivity index (χ1n) is 34.3. The standard InChI is InChI=1S/3C10H16N2.C10H15N.4C9H13NO.C8H14N2/c1-6-9-11-8(7-12(9)5)10(2,3)4;1-6-9-8(10(2,3)4)7-12(5)11-9;1-6-8-7-9(10(2,3)4)12(5)11-8;1-5-8-6-7-9(11-8)10(2,3)4;1-5-8-10-7(6-11-8)9(2,3)4;1-5-8-10-6-7(11-8)9(2,3)4;1-5-8-7(6-11-10-8)9(2,3)4;1-5-7-6-8(11-10-7)9(2,3)4;1-6-5-7(10-9-6)8(2,3)4/h3*6-7H,1H2,2-5H3;5,7H,1,6H2,2-4H3;4*5-6H,1H2,2-4H3;5H,1-4H3,(H,9,10). The number of hydrogen-bond acceptors (Lipinski definition) is 13. The van der Waals surface area contributed by atoms with Gasteiger partial charge in [0, 0.05) is 118 Å². The molecule has 8 aromatic heterocycles. The van der Waals surface area contributed by atoms with Gasteiger partial charge < -0.3 is 22.4 Å². The van der Waals surface area contributed by atoms with Crippen LogP contribution in [0.1, 0.15) is 285 Å². The van der Waals surface area contributed by atoms with Gasteiger partial charge in [0.2, 0.25) is 11.8 Å². The largest absolute Gasteiger partial charge is 0.445 e. The molecule has 0 saturated heterocycles. The molecule has 0 fully saturated rings. The van der Waals surface area contributed by atoms with Crippen molar-refractivity contribution in [1.82, 2.24) is 59.6 Å². The molecule has 8 aromatic rings. The minimum absolute atomic E-state index is 0.0360. The fourth-order valence-electron chi connectivity index (χ4n) is 8.56. The van der Waals surface area contributed by atoms with E-state index in [-0.39, 0.29) is 48.7 Å². The molecule has 101 heavy (non-hydrogen) atoms. The van der Waals surface area contributed by atoms with Crippen molar-refractivity contribution in [2.24, 2.45) is 31.6 Å². The maximum atomic E-state index is 5.37. The Morgan fingerprint density at radius 1 is 0.475 bits per heavy atom. The second-order valence-corrected chi connectivity index (χ2v) is 33.9. The van der Waals surface area contributed by atoms with E-state index in [2.05, 4.69) is 321 Å². The van der Waals surface area contributed by atoms with Crippen molar-refractivity contribution < 1.29 is 17.9 Å². The Labute approximate surface area is 609 Å². The summed E-state index contributed by atoms with van der Waals surface area (Å²) in [5.41, 5.74) is 14.8. The second-order valence-electron chi connectivity index (χ2n) is 33.9. The number of aromatic nitrogens is 12. The van der Waals surface area contributed by atoms with Gasteiger partial charge in [0.05, 0.1) is 34.7 Å². The summed E-state index contributed by atoms with van der Waals surface area (Å²) in [6, 6.07) is 6.07. The van der Waals surface area contributed by atoms with Crippen LogP contribution in [-0.4, -0.2) is 65.3 Å². The molecule has 17 nitrogen and oxygen atoms in total. The number of aromatic amines is 1. The lowest BCUT2D eigenvalue weighted by atomic mass is 9.87. The molecule has 1 N–H and O–H groups in total. The molecule has 0 bridgehead atoms. The van der Waals surface area contributed by atoms with Crippen LogP contribution in [-0.2, 0) is 64.5 Å². The van der Waals surface area contributed by atoms with Crippen LogP contribution >= 0.6 is 0 Å². The Balaban J connectivity index is 0.000000568. The van der Waals surface area contributed by atoms with Crippen LogP contribution < -0.4 is 0 Å². The zero-order valence-electron chi connectivity index (χ0n) is 68.2. The van der Waals surface area contributed by atoms with Crippen LogP contribution in [0.4, 0.5) is 0 Å².